The summed E-state index contributed by atoms with van der Waals surface area (Å²) < 4.78 is 5.24. The minimum atomic E-state index is -0.0434. The van der Waals surface area contributed by atoms with Crippen molar-refractivity contribution in [2.45, 2.75) is 39.0 Å². The first kappa shape index (κ1) is 15.3. The summed E-state index contributed by atoms with van der Waals surface area (Å²) in [5.41, 5.74) is 0. The van der Waals surface area contributed by atoms with Gasteiger partial charge in [-0.1, -0.05) is 6.92 Å². The van der Waals surface area contributed by atoms with Crippen LogP contribution < -0.4 is 0 Å². The Morgan fingerprint density at radius 2 is 1.65 bits per heavy atom. The maximum absolute atomic E-state index is 12.3. The van der Waals surface area contributed by atoms with Crippen molar-refractivity contribution in [2.24, 2.45) is 5.92 Å². The fourth-order valence-electron chi connectivity index (χ4n) is 2.86. The number of ether oxygens (including phenoxy) is 1. The molecular weight excluding hydrogens is 256 g/mol. The molecule has 2 heterocycles. The lowest BCUT2D eigenvalue weighted by Gasteiger charge is -2.30. The highest BCUT2D eigenvalue weighted by molar-refractivity contribution is 5.80. The van der Waals surface area contributed by atoms with E-state index in [1.54, 1.807) is 0 Å². The summed E-state index contributed by atoms with van der Waals surface area (Å²) in [5.74, 6) is 0.337. The van der Waals surface area contributed by atoms with Crippen molar-refractivity contribution in [1.82, 2.24) is 9.80 Å². The number of morpholine rings is 1. The predicted molar refractivity (Wildman–Crippen MR) is 76.2 cm³/mol. The molecular formula is C15H26N2O3. The molecule has 2 saturated heterocycles. The van der Waals surface area contributed by atoms with Crippen molar-refractivity contribution in [1.29, 1.82) is 0 Å². The Balaban J connectivity index is 1.71. The summed E-state index contributed by atoms with van der Waals surface area (Å²) in [7, 11) is 0. The molecule has 0 spiro atoms. The van der Waals surface area contributed by atoms with Crippen molar-refractivity contribution in [2.75, 3.05) is 39.4 Å². The van der Waals surface area contributed by atoms with Gasteiger partial charge in [0.2, 0.25) is 11.8 Å². The van der Waals surface area contributed by atoms with Crippen LogP contribution in [0.4, 0.5) is 0 Å². The molecule has 0 N–H and O–H groups in total. The van der Waals surface area contributed by atoms with E-state index in [0.29, 0.717) is 39.1 Å². The number of likely N-dealkylation sites (tertiary alicyclic amines) is 1. The molecule has 1 atom stereocenters. The molecule has 2 rings (SSSR count). The van der Waals surface area contributed by atoms with Crippen molar-refractivity contribution in [3.05, 3.63) is 0 Å². The van der Waals surface area contributed by atoms with Crippen LogP contribution in [0.2, 0.25) is 0 Å². The monoisotopic (exact) mass is 282 g/mol. The minimum absolute atomic E-state index is 0.0434. The molecule has 0 aromatic carbocycles. The Bertz CT molecular complexity index is 334. The van der Waals surface area contributed by atoms with E-state index in [2.05, 4.69) is 0 Å². The Hall–Kier alpha value is -1.10. The first-order valence-electron chi connectivity index (χ1n) is 7.83. The zero-order valence-corrected chi connectivity index (χ0v) is 12.5. The number of hydrogen-bond donors (Lipinski definition) is 0. The molecule has 2 aliphatic rings. The molecule has 0 aromatic heterocycles. The first-order chi connectivity index (χ1) is 9.68. The third-order valence-electron chi connectivity index (χ3n) is 4.24. The van der Waals surface area contributed by atoms with Crippen molar-refractivity contribution < 1.29 is 14.3 Å². The van der Waals surface area contributed by atoms with Gasteiger partial charge < -0.3 is 14.5 Å². The fraction of sp³-hybridized carbons (Fsp3) is 0.867. The van der Waals surface area contributed by atoms with Crippen molar-refractivity contribution >= 4 is 11.8 Å². The van der Waals surface area contributed by atoms with Gasteiger partial charge >= 0.3 is 0 Å². The molecule has 0 aliphatic carbocycles. The van der Waals surface area contributed by atoms with Gasteiger partial charge in [-0.25, -0.2) is 0 Å². The Labute approximate surface area is 121 Å². The Morgan fingerprint density at radius 3 is 2.30 bits per heavy atom. The zero-order valence-electron chi connectivity index (χ0n) is 12.5. The van der Waals surface area contributed by atoms with Crippen LogP contribution in [-0.2, 0) is 14.3 Å². The second-order valence-corrected chi connectivity index (χ2v) is 5.82. The van der Waals surface area contributed by atoms with Crippen LogP contribution in [0.1, 0.15) is 39.0 Å². The standard InChI is InChI=1S/C15H26N2O3/c1-13(15(19)17-7-3-2-4-8-17)5-6-14(18)16-9-11-20-12-10-16/h13H,2-12H2,1H3/t13-/m0/s1. The highest BCUT2D eigenvalue weighted by atomic mass is 16.5. The number of hydrogen-bond acceptors (Lipinski definition) is 3. The van der Waals surface area contributed by atoms with Crippen LogP contribution in [0.3, 0.4) is 0 Å². The SMILES string of the molecule is C[C@@H](CCC(=O)N1CCOCC1)C(=O)N1CCCCC1. The minimum Gasteiger partial charge on any atom is -0.378 e. The summed E-state index contributed by atoms with van der Waals surface area (Å²) in [5, 5.41) is 0. The van der Waals surface area contributed by atoms with Gasteiger partial charge in [-0.3, -0.25) is 9.59 Å². The maximum atomic E-state index is 12.3. The van der Waals surface area contributed by atoms with E-state index < -0.39 is 0 Å². The van der Waals surface area contributed by atoms with Crippen LogP contribution in [0.15, 0.2) is 0 Å². The summed E-state index contributed by atoms with van der Waals surface area (Å²) in [6.45, 7) is 6.37. The van der Waals surface area contributed by atoms with E-state index in [-0.39, 0.29) is 17.7 Å². The third-order valence-corrected chi connectivity index (χ3v) is 4.24. The molecule has 0 unspecified atom stereocenters. The molecule has 2 amide bonds. The molecule has 114 valence electrons. The van der Waals surface area contributed by atoms with Gasteiger partial charge in [0.25, 0.3) is 0 Å². The smallest absolute Gasteiger partial charge is 0.225 e. The van der Waals surface area contributed by atoms with Gasteiger partial charge in [0.15, 0.2) is 0 Å². The lowest BCUT2D eigenvalue weighted by Crippen LogP contribution is -2.41. The van der Waals surface area contributed by atoms with Crippen LogP contribution in [-0.4, -0.2) is 61.0 Å². The quantitative estimate of drug-likeness (QED) is 0.780. The number of nitrogens with zero attached hydrogens (tertiary/aromatic N) is 2. The average Bonchev–Trinajstić information content (AvgIpc) is 2.53. The Morgan fingerprint density at radius 1 is 1.00 bits per heavy atom. The normalized spacial score (nSPS) is 21.6. The average molecular weight is 282 g/mol. The van der Waals surface area contributed by atoms with E-state index >= 15 is 0 Å². The summed E-state index contributed by atoms with van der Waals surface area (Å²) in [4.78, 5) is 28.1. The van der Waals surface area contributed by atoms with Crippen molar-refractivity contribution in [3.8, 4) is 0 Å². The number of amides is 2. The van der Waals surface area contributed by atoms with Crippen molar-refractivity contribution in [3.63, 3.8) is 0 Å². The van der Waals surface area contributed by atoms with Gasteiger partial charge in [0.1, 0.15) is 0 Å². The lowest BCUT2D eigenvalue weighted by atomic mass is 10.0. The number of carbonyl (C=O) groups is 2. The number of carbonyl (C=O) groups excluding carboxylic acids is 2. The second-order valence-electron chi connectivity index (χ2n) is 5.82. The second kappa shape index (κ2) is 7.62. The topological polar surface area (TPSA) is 49.9 Å². The van der Waals surface area contributed by atoms with Gasteiger partial charge in [0.05, 0.1) is 13.2 Å². The van der Waals surface area contributed by atoms with Crippen LogP contribution in [0.5, 0.6) is 0 Å². The Kier molecular flexibility index (Phi) is 5.83. The molecule has 5 nitrogen and oxygen atoms in total. The molecule has 0 saturated carbocycles. The first-order valence-corrected chi connectivity index (χ1v) is 7.83. The molecule has 5 heteroatoms. The third kappa shape index (κ3) is 4.20. The molecule has 0 aromatic rings. The van der Waals surface area contributed by atoms with Gasteiger partial charge in [-0.05, 0) is 25.7 Å². The maximum Gasteiger partial charge on any atom is 0.225 e. The van der Waals surface area contributed by atoms with Gasteiger partial charge in [-0.2, -0.15) is 0 Å². The van der Waals surface area contributed by atoms with Gasteiger partial charge in [-0.15, -0.1) is 0 Å². The largest absolute Gasteiger partial charge is 0.378 e. The molecule has 0 radical (unpaired) electrons. The molecule has 2 fully saturated rings. The summed E-state index contributed by atoms with van der Waals surface area (Å²) in [6, 6.07) is 0. The van der Waals surface area contributed by atoms with Crippen LogP contribution in [0.25, 0.3) is 0 Å². The molecule has 2 aliphatic heterocycles. The summed E-state index contributed by atoms with van der Waals surface area (Å²) in [6.07, 6.45) is 4.59. The molecule has 0 bridgehead atoms. The summed E-state index contributed by atoms with van der Waals surface area (Å²) >= 11 is 0. The van der Waals surface area contributed by atoms with E-state index in [9.17, 15) is 9.59 Å². The fourth-order valence-corrected chi connectivity index (χ4v) is 2.86. The van der Waals surface area contributed by atoms with E-state index in [1.165, 1.54) is 6.42 Å². The lowest BCUT2D eigenvalue weighted by molar-refractivity contribution is -0.138. The van der Waals surface area contributed by atoms with Crippen LogP contribution >= 0.6 is 0 Å². The number of rotatable bonds is 4. The van der Waals surface area contributed by atoms with Gasteiger partial charge in [0, 0.05) is 38.5 Å². The van der Waals surface area contributed by atoms with E-state index in [4.69, 9.17) is 4.74 Å². The zero-order chi connectivity index (χ0) is 14.4. The highest BCUT2D eigenvalue weighted by Gasteiger charge is 2.24. The highest BCUT2D eigenvalue weighted by Crippen LogP contribution is 2.16. The van der Waals surface area contributed by atoms with Crippen LogP contribution in [0, 0.1) is 5.92 Å². The van der Waals surface area contributed by atoms with E-state index in [0.717, 1.165) is 25.9 Å². The number of piperidine rings is 1. The predicted octanol–water partition coefficient (Wildman–Crippen LogP) is 1.27. The van der Waals surface area contributed by atoms with E-state index in [1.807, 2.05) is 16.7 Å². The molecule has 20 heavy (non-hydrogen) atoms.